The van der Waals surface area contributed by atoms with E-state index < -0.39 is 5.97 Å². The van der Waals surface area contributed by atoms with E-state index in [1.807, 2.05) is 42.5 Å². The Morgan fingerprint density at radius 1 is 1.12 bits per heavy atom. The average Bonchev–Trinajstić information content (AvgIpc) is 2.79. The van der Waals surface area contributed by atoms with E-state index in [0.717, 1.165) is 47.0 Å². The number of benzene rings is 2. The van der Waals surface area contributed by atoms with Crippen LogP contribution in [0.5, 0.6) is 0 Å². The van der Waals surface area contributed by atoms with Gasteiger partial charge >= 0.3 is 5.97 Å². The van der Waals surface area contributed by atoms with Gasteiger partial charge in [-0.3, -0.25) is 9.78 Å². The lowest BCUT2D eigenvalue weighted by Crippen LogP contribution is -2.30. The van der Waals surface area contributed by atoms with E-state index >= 15 is 0 Å². The number of aromatic nitrogens is 1. The van der Waals surface area contributed by atoms with E-state index in [4.69, 9.17) is 21.3 Å². The first-order chi connectivity index (χ1) is 15.7. The van der Waals surface area contributed by atoms with Crippen molar-refractivity contribution in [2.45, 2.75) is 46.6 Å². The molecule has 0 fully saturated rings. The fourth-order valence-corrected chi connectivity index (χ4v) is 4.65. The first-order valence-corrected chi connectivity index (χ1v) is 11.7. The Morgan fingerprint density at radius 2 is 1.85 bits per heavy atom. The van der Waals surface area contributed by atoms with Gasteiger partial charge in [-0.15, -0.1) is 0 Å². The Bertz CT molecular complexity index is 1200. The van der Waals surface area contributed by atoms with Crippen LogP contribution in [0, 0.1) is 11.3 Å². The molecular weight excluding hydrogens is 436 g/mol. The van der Waals surface area contributed by atoms with Gasteiger partial charge in [-0.2, -0.15) is 0 Å². The molecule has 33 heavy (non-hydrogen) atoms. The summed E-state index contributed by atoms with van der Waals surface area (Å²) >= 11 is 6.14. The zero-order valence-electron chi connectivity index (χ0n) is 19.3. The summed E-state index contributed by atoms with van der Waals surface area (Å²) in [5.74, 6) is -0.409. The second-order valence-electron chi connectivity index (χ2n) is 9.68. The summed E-state index contributed by atoms with van der Waals surface area (Å²) in [6, 6.07) is 14.9. The molecule has 1 aliphatic carbocycles. The zero-order chi connectivity index (χ0) is 23.6. The Hall–Kier alpha value is -2.92. The smallest absolute Gasteiger partial charge is 0.339 e. The largest absolute Gasteiger partial charge is 0.452 e. The molecule has 0 aliphatic heterocycles. The highest BCUT2D eigenvalue weighted by molar-refractivity contribution is 6.31. The molecule has 1 aliphatic rings. The second kappa shape index (κ2) is 9.52. The van der Waals surface area contributed by atoms with Gasteiger partial charge in [-0.1, -0.05) is 68.8 Å². The number of nitrogens with zero attached hydrogens (tertiary/aromatic N) is 1. The number of esters is 1. The molecule has 6 heteroatoms. The van der Waals surface area contributed by atoms with Crippen LogP contribution in [0.1, 0.15) is 54.4 Å². The van der Waals surface area contributed by atoms with Crippen molar-refractivity contribution in [2.75, 3.05) is 6.61 Å². The fourth-order valence-electron chi connectivity index (χ4n) is 4.45. The third kappa shape index (κ3) is 5.19. The lowest BCUT2D eigenvalue weighted by molar-refractivity contribution is -0.124. The second-order valence-corrected chi connectivity index (χ2v) is 10.1. The molecule has 4 rings (SSSR count). The number of carbonyl (C=O) groups is 2. The van der Waals surface area contributed by atoms with Crippen molar-refractivity contribution in [1.29, 1.82) is 0 Å². The van der Waals surface area contributed by atoms with Gasteiger partial charge in [0.1, 0.15) is 0 Å². The minimum absolute atomic E-state index is 0.128. The van der Waals surface area contributed by atoms with E-state index in [2.05, 4.69) is 26.1 Å². The minimum Gasteiger partial charge on any atom is -0.452 e. The molecular formula is C27H29ClN2O3. The van der Waals surface area contributed by atoms with Crippen LogP contribution in [0.25, 0.3) is 10.9 Å². The van der Waals surface area contributed by atoms with Gasteiger partial charge in [-0.25, -0.2) is 4.79 Å². The van der Waals surface area contributed by atoms with Gasteiger partial charge in [0.25, 0.3) is 5.91 Å². The molecule has 1 aromatic heterocycles. The number of ether oxygens (including phenoxy) is 1. The van der Waals surface area contributed by atoms with E-state index in [1.165, 1.54) is 0 Å². The first-order valence-electron chi connectivity index (χ1n) is 11.3. The molecule has 5 nitrogen and oxygen atoms in total. The van der Waals surface area contributed by atoms with Crippen LogP contribution in [0.3, 0.4) is 0 Å². The lowest BCUT2D eigenvalue weighted by atomic mass is 9.70. The average molecular weight is 465 g/mol. The van der Waals surface area contributed by atoms with Crippen LogP contribution < -0.4 is 5.32 Å². The lowest BCUT2D eigenvalue weighted by Gasteiger charge is -2.35. The van der Waals surface area contributed by atoms with Gasteiger partial charge in [0.2, 0.25) is 0 Å². The number of hydrogen-bond donors (Lipinski definition) is 1. The summed E-state index contributed by atoms with van der Waals surface area (Å²) in [4.78, 5) is 30.5. The summed E-state index contributed by atoms with van der Waals surface area (Å²) in [6.45, 7) is 6.63. The van der Waals surface area contributed by atoms with Gasteiger partial charge in [0.05, 0.1) is 11.1 Å². The quantitative estimate of drug-likeness (QED) is 0.505. The molecule has 0 spiro atoms. The van der Waals surface area contributed by atoms with Crippen LogP contribution in [-0.2, 0) is 28.9 Å². The maximum Gasteiger partial charge on any atom is 0.339 e. The van der Waals surface area contributed by atoms with Crippen LogP contribution in [-0.4, -0.2) is 23.5 Å². The number of nitrogens with one attached hydrogen (secondary N) is 1. The number of amides is 1. The Balaban J connectivity index is 1.54. The van der Waals surface area contributed by atoms with E-state index in [1.54, 1.807) is 6.07 Å². The van der Waals surface area contributed by atoms with Crippen LogP contribution in [0.2, 0.25) is 5.02 Å². The number of aryl methyl sites for hydroxylation is 1. The molecule has 3 aromatic rings. The third-order valence-electron chi connectivity index (χ3n) is 6.46. The third-order valence-corrected chi connectivity index (χ3v) is 6.82. The number of fused-ring (bicyclic) bond motifs is 2. The highest BCUT2D eigenvalue weighted by atomic mass is 35.5. The monoisotopic (exact) mass is 464 g/mol. The number of hydrogen-bond acceptors (Lipinski definition) is 4. The predicted molar refractivity (Wildman–Crippen MR) is 130 cm³/mol. The van der Waals surface area contributed by atoms with Crippen molar-refractivity contribution in [3.05, 3.63) is 75.9 Å². The highest BCUT2D eigenvalue weighted by Gasteiger charge is 2.33. The molecule has 1 atom stereocenters. The van der Waals surface area contributed by atoms with Crippen molar-refractivity contribution in [3.63, 3.8) is 0 Å². The van der Waals surface area contributed by atoms with Gasteiger partial charge in [-0.05, 0) is 53.9 Å². The topological polar surface area (TPSA) is 68.3 Å². The number of rotatable bonds is 5. The number of pyridine rings is 1. The van der Waals surface area contributed by atoms with Crippen molar-refractivity contribution in [3.8, 4) is 0 Å². The molecule has 172 valence electrons. The standard InChI is InChI=1S/C27H29ClN2O3/c1-27(2,3)18-12-13-23-20(14-18)25(19-9-5-7-11-22(19)30-23)26(32)33-16-24(31)29-15-17-8-4-6-10-21(17)28/h4-11,18H,12-16H2,1-3H3,(H,29,31). The Labute approximate surface area is 199 Å². The number of carbonyl (C=O) groups excluding carboxylic acids is 2. The molecule has 0 saturated heterocycles. The number of para-hydroxylation sites is 1. The Morgan fingerprint density at radius 3 is 2.61 bits per heavy atom. The van der Waals surface area contributed by atoms with E-state index in [9.17, 15) is 9.59 Å². The summed E-state index contributed by atoms with van der Waals surface area (Å²) in [7, 11) is 0. The highest BCUT2D eigenvalue weighted by Crippen LogP contribution is 2.39. The SMILES string of the molecule is CC(C)(C)C1CCc2nc3ccccc3c(C(=O)OCC(=O)NCc3ccccc3Cl)c2C1. The molecule has 1 heterocycles. The van der Waals surface area contributed by atoms with E-state index in [0.29, 0.717) is 16.5 Å². The van der Waals surface area contributed by atoms with Crippen molar-refractivity contribution in [1.82, 2.24) is 10.3 Å². The van der Waals surface area contributed by atoms with Crippen LogP contribution in [0.15, 0.2) is 48.5 Å². The molecule has 2 aromatic carbocycles. The van der Waals surface area contributed by atoms with Crippen molar-refractivity contribution >= 4 is 34.4 Å². The maximum absolute atomic E-state index is 13.3. The van der Waals surface area contributed by atoms with Crippen molar-refractivity contribution in [2.24, 2.45) is 11.3 Å². The van der Waals surface area contributed by atoms with Gasteiger partial charge in [0.15, 0.2) is 6.61 Å². The molecule has 0 saturated carbocycles. The Kier molecular flexibility index (Phi) is 6.71. The zero-order valence-corrected chi connectivity index (χ0v) is 20.0. The van der Waals surface area contributed by atoms with Gasteiger partial charge in [0, 0.05) is 22.6 Å². The van der Waals surface area contributed by atoms with Crippen molar-refractivity contribution < 1.29 is 14.3 Å². The van der Waals surface area contributed by atoms with Gasteiger partial charge < -0.3 is 10.1 Å². The molecule has 1 unspecified atom stereocenters. The summed E-state index contributed by atoms with van der Waals surface area (Å²) < 4.78 is 5.49. The molecule has 1 N–H and O–H groups in total. The summed E-state index contributed by atoms with van der Waals surface area (Å²) in [6.07, 6.45) is 2.65. The van der Waals surface area contributed by atoms with Crippen LogP contribution >= 0.6 is 11.6 Å². The van der Waals surface area contributed by atoms with E-state index in [-0.39, 0.29) is 24.5 Å². The minimum atomic E-state index is -0.479. The predicted octanol–water partition coefficient (Wildman–Crippen LogP) is 5.51. The molecule has 0 bridgehead atoms. The first kappa shape index (κ1) is 23.2. The summed E-state index contributed by atoms with van der Waals surface area (Å²) in [5, 5.41) is 4.11. The normalized spacial score (nSPS) is 15.7. The van der Waals surface area contributed by atoms with Crippen LogP contribution in [0.4, 0.5) is 0 Å². The molecule has 1 amide bonds. The fraction of sp³-hybridized carbons (Fsp3) is 0.370. The number of halogens is 1. The summed E-state index contributed by atoms with van der Waals surface area (Å²) in [5.41, 5.74) is 4.18. The maximum atomic E-state index is 13.3. The molecule has 0 radical (unpaired) electrons.